The van der Waals surface area contributed by atoms with Gasteiger partial charge < -0.3 is 4.74 Å². The second-order valence-electron chi connectivity index (χ2n) is 5.60. The highest BCUT2D eigenvalue weighted by Crippen LogP contribution is 2.31. The minimum absolute atomic E-state index is 0.0817. The molecular weight excluding hydrogens is 345 g/mol. The minimum Gasteiger partial charge on any atom is -0.379 e. The summed E-state index contributed by atoms with van der Waals surface area (Å²) in [5.41, 5.74) is -0.900. The van der Waals surface area contributed by atoms with Crippen LogP contribution >= 0.6 is 0 Å². The number of hydrogen-bond donors (Lipinski definition) is 1. The summed E-state index contributed by atoms with van der Waals surface area (Å²) < 4.78 is 70.1. The van der Waals surface area contributed by atoms with Crippen molar-refractivity contribution in [2.45, 2.75) is 19.1 Å². The number of ether oxygens (including phenoxy) is 1. The van der Waals surface area contributed by atoms with Crippen molar-refractivity contribution in [2.75, 3.05) is 38.6 Å². The summed E-state index contributed by atoms with van der Waals surface area (Å²) in [5, 5.41) is 0. The average molecular weight is 366 g/mol. The van der Waals surface area contributed by atoms with Gasteiger partial charge in [-0.2, -0.15) is 13.2 Å². The largest absolute Gasteiger partial charge is 0.416 e. The summed E-state index contributed by atoms with van der Waals surface area (Å²) >= 11 is 0. The maximum absolute atomic E-state index is 12.9. The van der Waals surface area contributed by atoms with Crippen molar-refractivity contribution in [2.24, 2.45) is 0 Å². The molecule has 1 saturated heterocycles. The first kappa shape index (κ1) is 19.2. The van der Waals surface area contributed by atoms with Gasteiger partial charge in [0.25, 0.3) is 0 Å². The monoisotopic (exact) mass is 366 g/mol. The zero-order chi connectivity index (χ0) is 17.6. The normalized spacial score (nSPS) is 17.1. The second kappa shape index (κ2) is 8.28. The number of nitrogens with one attached hydrogen (secondary N) is 1. The molecule has 9 heteroatoms. The van der Waals surface area contributed by atoms with E-state index in [9.17, 15) is 21.6 Å². The van der Waals surface area contributed by atoms with Gasteiger partial charge in [0, 0.05) is 19.6 Å². The van der Waals surface area contributed by atoms with E-state index in [2.05, 4.69) is 9.62 Å². The van der Waals surface area contributed by atoms with Crippen molar-refractivity contribution in [1.82, 2.24) is 9.62 Å². The Kier molecular flexibility index (Phi) is 6.62. The Hall–Kier alpha value is -1.16. The third-order valence-electron chi connectivity index (χ3n) is 3.80. The molecular formula is C15H21F3N2O3S. The first-order valence-corrected chi connectivity index (χ1v) is 9.36. The molecule has 0 aliphatic carbocycles. The topological polar surface area (TPSA) is 58.6 Å². The fourth-order valence-electron chi connectivity index (χ4n) is 2.51. The van der Waals surface area contributed by atoms with Gasteiger partial charge in [-0.05, 0) is 24.6 Å². The van der Waals surface area contributed by atoms with E-state index in [1.54, 1.807) is 0 Å². The molecule has 0 spiro atoms. The molecule has 136 valence electrons. The van der Waals surface area contributed by atoms with Crippen molar-refractivity contribution >= 4 is 10.0 Å². The number of alkyl halides is 3. The number of morpholine rings is 1. The van der Waals surface area contributed by atoms with Crippen molar-refractivity contribution in [3.8, 4) is 0 Å². The van der Waals surface area contributed by atoms with Gasteiger partial charge in [-0.25, -0.2) is 13.1 Å². The van der Waals surface area contributed by atoms with Crippen LogP contribution in [0.15, 0.2) is 24.3 Å². The lowest BCUT2D eigenvalue weighted by Gasteiger charge is -2.26. The van der Waals surface area contributed by atoms with Gasteiger partial charge in [0.15, 0.2) is 0 Å². The molecule has 1 fully saturated rings. The summed E-state index contributed by atoms with van der Waals surface area (Å²) in [7, 11) is -3.62. The van der Waals surface area contributed by atoms with E-state index in [-0.39, 0.29) is 17.9 Å². The molecule has 0 bridgehead atoms. The van der Waals surface area contributed by atoms with E-state index in [0.29, 0.717) is 26.2 Å². The van der Waals surface area contributed by atoms with E-state index in [4.69, 9.17) is 4.74 Å². The second-order valence-corrected chi connectivity index (χ2v) is 7.53. The molecule has 5 nitrogen and oxygen atoms in total. The molecule has 2 rings (SSSR count). The van der Waals surface area contributed by atoms with Gasteiger partial charge >= 0.3 is 6.18 Å². The highest BCUT2D eigenvalue weighted by atomic mass is 32.2. The summed E-state index contributed by atoms with van der Waals surface area (Å²) in [6, 6.07) is 4.96. The minimum atomic E-state index is -4.50. The number of benzene rings is 1. The van der Waals surface area contributed by atoms with E-state index in [1.807, 2.05) is 0 Å². The Morgan fingerprint density at radius 1 is 1.17 bits per heavy atom. The first-order valence-electron chi connectivity index (χ1n) is 7.70. The molecule has 1 N–H and O–H groups in total. The Balaban J connectivity index is 1.84. The van der Waals surface area contributed by atoms with Gasteiger partial charge in [0.05, 0.1) is 24.5 Å². The van der Waals surface area contributed by atoms with Crippen molar-refractivity contribution in [1.29, 1.82) is 0 Å². The predicted octanol–water partition coefficient (Wildman–Crippen LogP) is 1.85. The van der Waals surface area contributed by atoms with Crippen LogP contribution in [0.1, 0.15) is 17.5 Å². The van der Waals surface area contributed by atoms with Crippen LogP contribution in [0.3, 0.4) is 0 Å². The van der Waals surface area contributed by atoms with Crippen LogP contribution in [0, 0.1) is 0 Å². The van der Waals surface area contributed by atoms with Crippen molar-refractivity contribution in [3.63, 3.8) is 0 Å². The summed E-state index contributed by atoms with van der Waals surface area (Å²) in [5.74, 6) is -0.113. The third kappa shape index (κ3) is 6.04. The molecule has 0 unspecified atom stereocenters. The molecule has 1 aromatic rings. The molecule has 1 aliphatic rings. The predicted molar refractivity (Wildman–Crippen MR) is 83.9 cm³/mol. The van der Waals surface area contributed by atoms with Gasteiger partial charge in [-0.15, -0.1) is 0 Å². The number of nitrogens with zero attached hydrogens (tertiary/aromatic N) is 1. The average Bonchev–Trinajstić information content (AvgIpc) is 2.53. The molecule has 24 heavy (non-hydrogen) atoms. The molecule has 0 saturated carbocycles. The lowest BCUT2D eigenvalue weighted by molar-refractivity contribution is -0.138. The standard InChI is InChI=1S/C15H21F3N2O3S/c16-15(17,18)14-5-2-1-4-13(14)12-19-24(21,22)11-3-6-20-7-9-23-10-8-20/h1-2,4-5,19H,3,6-12H2. The van der Waals surface area contributed by atoms with Crippen LogP contribution in [0.4, 0.5) is 13.2 Å². The molecule has 1 aliphatic heterocycles. The molecule has 1 aromatic carbocycles. The third-order valence-corrected chi connectivity index (χ3v) is 5.21. The van der Waals surface area contributed by atoms with Gasteiger partial charge in [-0.1, -0.05) is 18.2 Å². The highest BCUT2D eigenvalue weighted by molar-refractivity contribution is 7.89. The number of sulfonamides is 1. The number of hydrogen-bond acceptors (Lipinski definition) is 4. The Morgan fingerprint density at radius 3 is 2.50 bits per heavy atom. The Bertz CT molecular complexity index is 629. The Labute approximate surface area is 139 Å². The highest BCUT2D eigenvalue weighted by Gasteiger charge is 2.33. The fraction of sp³-hybridized carbons (Fsp3) is 0.600. The van der Waals surface area contributed by atoms with E-state index < -0.39 is 21.8 Å². The van der Waals surface area contributed by atoms with E-state index in [1.165, 1.54) is 18.2 Å². The summed E-state index contributed by atoms with van der Waals surface area (Å²) in [6.07, 6.45) is -4.07. The smallest absolute Gasteiger partial charge is 0.379 e. The summed E-state index contributed by atoms with van der Waals surface area (Å²) in [6.45, 7) is 3.08. The van der Waals surface area contributed by atoms with Crippen LogP contribution in [-0.4, -0.2) is 51.9 Å². The van der Waals surface area contributed by atoms with Gasteiger partial charge in [-0.3, -0.25) is 4.90 Å². The van der Waals surface area contributed by atoms with Crippen molar-refractivity contribution < 1.29 is 26.3 Å². The van der Waals surface area contributed by atoms with E-state index in [0.717, 1.165) is 19.2 Å². The fourth-order valence-corrected chi connectivity index (χ4v) is 3.54. The molecule has 0 atom stereocenters. The van der Waals surface area contributed by atoms with Gasteiger partial charge in [0.2, 0.25) is 10.0 Å². The first-order chi connectivity index (χ1) is 11.3. The lowest BCUT2D eigenvalue weighted by Crippen LogP contribution is -2.38. The maximum atomic E-state index is 12.9. The van der Waals surface area contributed by atoms with Crippen LogP contribution in [0.2, 0.25) is 0 Å². The zero-order valence-corrected chi connectivity index (χ0v) is 14.0. The van der Waals surface area contributed by atoms with Crippen LogP contribution < -0.4 is 4.72 Å². The summed E-state index contributed by atoms with van der Waals surface area (Å²) in [4.78, 5) is 2.11. The lowest BCUT2D eigenvalue weighted by atomic mass is 10.1. The molecule has 0 radical (unpaired) electrons. The van der Waals surface area contributed by atoms with Crippen LogP contribution in [0.25, 0.3) is 0 Å². The van der Waals surface area contributed by atoms with Crippen LogP contribution in [0.5, 0.6) is 0 Å². The number of rotatable bonds is 7. The van der Waals surface area contributed by atoms with Crippen molar-refractivity contribution in [3.05, 3.63) is 35.4 Å². The molecule has 0 aromatic heterocycles. The quantitative estimate of drug-likeness (QED) is 0.800. The SMILES string of the molecule is O=S(=O)(CCCN1CCOCC1)NCc1ccccc1C(F)(F)F. The van der Waals surface area contributed by atoms with Crippen LogP contribution in [-0.2, 0) is 27.5 Å². The molecule has 1 heterocycles. The Morgan fingerprint density at radius 2 is 1.83 bits per heavy atom. The zero-order valence-electron chi connectivity index (χ0n) is 13.2. The number of halogens is 3. The van der Waals surface area contributed by atoms with Gasteiger partial charge in [0.1, 0.15) is 0 Å². The molecule has 0 amide bonds. The maximum Gasteiger partial charge on any atom is 0.416 e. The van der Waals surface area contributed by atoms with E-state index >= 15 is 0 Å².